The maximum Gasteiger partial charge on any atom is -0.0380 e. The van der Waals surface area contributed by atoms with Crippen LogP contribution in [-0.4, -0.2) is 0 Å². The monoisotopic (exact) mass is 110 g/mol. The highest BCUT2D eigenvalue weighted by Gasteiger charge is 2.40. The highest BCUT2D eigenvalue weighted by atomic mass is 14.5. The average Bonchev–Trinajstić information content (AvgIpc) is 2.43. The molecule has 0 heteroatoms. The van der Waals surface area contributed by atoms with Gasteiger partial charge in [0.15, 0.2) is 0 Å². The van der Waals surface area contributed by atoms with Crippen molar-refractivity contribution in [1.29, 1.82) is 0 Å². The predicted octanol–water partition coefficient (Wildman–Crippen LogP) is 2.44. The molecule has 0 radical (unpaired) electrons. The van der Waals surface area contributed by atoms with E-state index >= 15 is 0 Å². The van der Waals surface area contributed by atoms with Crippen molar-refractivity contribution < 1.29 is 0 Å². The van der Waals surface area contributed by atoms with Crippen molar-refractivity contribution in [1.82, 2.24) is 0 Å². The fourth-order valence-electron chi connectivity index (χ4n) is 2.09. The van der Waals surface area contributed by atoms with Gasteiger partial charge in [-0.1, -0.05) is 13.3 Å². The largest absolute Gasteiger partial charge is 0.0625 e. The normalized spacial score (nSPS) is 52.9. The van der Waals surface area contributed by atoms with Gasteiger partial charge in [-0.05, 0) is 37.0 Å². The third-order valence-electron chi connectivity index (χ3n) is 2.80. The fraction of sp³-hybridized carbons (Fsp3) is 1.00. The van der Waals surface area contributed by atoms with Gasteiger partial charge in [-0.2, -0.15) is 0 Å². The standard InChI is InChI=1S/C8H14/c1-6-2-3-7-5-8(7)4-6/h6-8H,2-5H2,1H3/t6-,7?,8-/m1/s1. The molecule has 0 spiro atoms. The van der Waals surface area contributed by atoms with Crippen LogP contribution < -0.4 is 0 Å². The Balaban J connectivity index is 1.93. The maximum absolute atomic E-state index is 2.40. The Labute approximate surface area is 51.3 Å². The minimum Gasteiger partial charge on any atom is -0.0625 e. The minimum absolute atomic E-state index is 1.05. The van der Waals surface area contributed by atoms with Crippen LogP contribution in [0.5, 0.6) is 0 Å². The highest BCUT2D eigenvalue weighted by Crippen LogP contribution is 2.51. The molecule has 0 aliphatic heterocycles. The molecule has 2 rings (SSSR count). The van der Waals surface area contributed by atoms with Gasteiger partial charge in [-0.3, -0.25) is 0 Å². The summed E-state index contributed by atoms with van der Waals surface area (Å²) in [7, 11) is 0. The first-order valence-electron chi connectivity index (χ1n) is 3.86. The number of hydrogen-bond donors (Lipinski definition) is 0. The molecule has 0 amide bonds. The number of rotatable bonds is 0. The topological polar surface area (TPSA) is 0 Å². The third kappa shape index (κ3) is 0.667. The van der Waals surface area contributed by atoms with Gasteiger partial charge in [-0.15, -0.1) is 0 Å². The molecular formula is C8H14. The van der Waals surface area contributed by atoms with Crippen LogP contribution in [0.3, 0.4) is 0 Å². The van der Waals surface area contributed by atoms with Gasteiger partial charge in [0.1, 0.15) is 0 Å². The van der Waals surface area contributed by atoms with Crippen LogP contribution in [0.1, 0.15) is 32.6 Å². The Morgan fingerprint density at radius 3 is 2.50 bits per heavy atom. The zero-order chi connectivity index (χ0) is 5.56. The van der Waals surface area contributed by atoms with Crippen molar-refractivity contribution in [3.05, 3.63) is 0 Å². The lowest BCUT2D eigenvalue weighted by Crippen LogP contribution is -2.03. The second-order valence-corrected chi connectivity index (χ2v) is 3.67. The Morgan fingerprint density at radius 1 is 1.00 bits per heavy atom. The molecule has 2 fully saturated rings. The fourth-order valence-corrected chi connectivity index (χ4v) is 2.09. The molecule has 3 atom stereocenters. The Bertz CT molecular complexity index is 96.2. The van der Waals surface area contributed by atoms with Crippen molar-refractivity contribution in [3.8, 4) is 0 Å². The first kappa shape index (κ1) is 4.84. The lowest BCUT2D eigenvalue weighted by molar-refractivity contribution is 0.368. The second kappa shape index (κ2) is 1.49. The smallest absolute Gasteiger partial charge is 0.0380 e. The molecular weight excluding hydrogens is 96.1 g/mol. The average molecular weight is 110 g/mol. The predicted molar refractivity (Wildman–Crippen MR) is 34.6 cm³/mol. The van der Waals surface area contributed by atoms with E-state index in [-0.39, 0.29) is 0 Å². The number of fused-ring (bicyclic) bond motifs is 1. The molecule has 0 N–H and O–H groups in total. The van der Waals surface area contributed by atoms with E-state index in [9.17, 15) is 0 Å². The first-order valence-corrected chi connectivity index (χ1v) is 3.86. The summed E-state index contributed by atoms with van der Waals surface area (Å²) in [5.41, 5.74) is 0. The summed E-state index contributed by atoms with van der Waals surface area (Å²) in [4.78, 5) is 0. The molecule has 0 saturated heterocycles. The highest BCUT2D eigenvalue weighted by molar-refractivity contribution is 4.91. The summed E-state index contributed by atoms with van der Waals surface area (Å²) in [6, 6.07) is 0. The van der Waals surface area contributed by atoms with Gasteiger partial charge >= 0.3 is 0 Å². The van der Waals surface area contributed by atoms with Gasteiger partial charge in [0.05, 0.1) is 0 Å². The molecule has 2 aliphatic rings. The summed E-state index contributed by atoms with van der Waals surface area (Å²) in [5.74, 6) is 3.42. The molecule has 0 aromatic carbocycles. The molecule has 0 nitrogen and oxygen atoms in total. The van der Waals surface area contributed by atoms with E-state index in [0.717, 1.165) is 5.92 Å². The third-order valence-corrected chi connectivity index (χ3v) is 2.80. The van der Waals surface area contributed by atoms with E-state index in [1.54, 1.807) is 19.3 Å². The molecule has 2 aliphatic carbocycles. The molecule has 0 bridgehead atoms. The molecule has 0 aromatic rings. The quantitative estimate of drug-likeness (QED) is 0.449. The van der Waals surface area contributed by atoms with E-state index in [2.05, 4.69) is 6.92 Å². The zero-order valence-electron chi connectivity index (χ0n) is 5.56. The SMILES string of the molecule is C[C@@H]1CCC2C[C@H]2C1. The lowest BCUT2D eigenvalue weighted by atomic mass is 9.91. The van der Waals surface area contributed by atoms with E-state index in [1.807, 2.05) is 0 Å². The molecule has 2 saturated carbocycles. The van der Waals surface area contributed by atoms with Gasteiger partial charge in [-0.25, -0.2) is 0 Å². The molecule has 1 unspecified atom stereocenters. The van der Waals surface area contributed by atoms with Gasteiger partial charge in [0.25, 0.3) is 0 Å². The molecule has 0 aromatic heterocycles. The van der Waals surface area contributed by atoms with Crippen LogP contribution in [-0.2, 0) is 0 Å². The minimum atomic E-state index is 1.05. The van der Waals surface area contributed by atoms with Gasteiger partial charge in [0, 0.05) is 0 Å². The van der Waals surface area contributed by atoms with E-state index in [0.29, 0.717) is 0 Å². The van der Waals surface area contributed by atoms with Crippen molar-refractivity contribution in [2.24, 2.45) is 17.8 Å². The summed E-state index contributed by atoms with van der Waals surface area (Å²) >= 11 is 0. The van der Waals surface area contributed by atoms with Crippen LogP contribution in [0, 0.1) is 17.8 Å². The Kier molecular flexibility index (Phi) is 0.902. The number of hydrogen-bond acceptors (Lipinski definition) is 0. The van der Waals surface area contributed by atoms with Crippen LogP contribution in [0.4, 0.5) is 0 Å². The zero-order valence-corrected chi connectivity index (χ0v) is 5.56. The molecule has 8 heavy (non-hydrogen) atoms. The van der Waals surface area contributed by atoms with E-state index in [4.69, 9.17) is 0 Å². The van der Waals surface area contributed by atoms with Crippen molar-refractivity contribution in [2.45, 2.75) is 32.6 Å². The summed E-state index contributed by atoms with van der Waals surface area (Å²) < 4.78 is 0. The molecule has 0 heterocycles. The molecule has 46 valence electrons. The summed E-state index contributed by atoms with van der Waals surface area (Å²) in [5, 5.41) is 0. The van der Waals surface area contributed by atoms with E-state index < -0.39 is 0 Å². The Morgan fingerprint density at radius 2 is 1.88 bits per heavy atom. The van der Waals surface area contributed by atoms with Crippen LogP contribution in [0.15, 0.2) is 0 Å². The van der Waals surface area contributed by atoms with Crippen molar-refractivity contribution >= 4 is 0 Å². The Hall–Kier alpha value is 0. The first-order chi connectivity index (χ1) is 3.86. The summed E-state index contributed by atoms with van der Waals surface area (Å²) in [6.07, 6.45) is 6.18. The van der Waals surface area contributed by atoms with Crippen LogP contribution in [0.2, 0.25) is 0 Å². The van der Waals surface area contributed by atoms with E-state index in [1.165, 1.54) is 18.3 Å². The second-order valence-electron chi connectivity index (χ2n) is 3.67. The van der Waals surface area contributed by atoms with Crippen LogP contribution >= 0.6 is 0 Å². The van der Waals surface area contributed by atoms with Gasteiger partial charge in [0.2, 0.25) is 0 Å². The van der Waals surface area contributed by atoms with Crippen molar-refractivity contribution in [2.75, 3.05) is 0 Å². The maximum atomic E-state index is 2.40. The van der Waals surface area contributed by atoms with Gasteiger partial charge < -0.3 is 0 Å². The van der Waals surface area contributed by atoms with Crippen LogP contribution in [0.25, 0.3) is 0 Å². The summed E-state index contributed by atoms with van der Waals surface area (Å²) in [6.45, 7) is 2.40. The van der Waals surface area contributed by atoms with Crippen molar-refractivity contribution in [3.63, 3.8) is 0 Å². The lowest BCUT2D eigenvalue weighted by Gasteiger charge is -2.15.